The van der Waals surface area contributed by atoms with Gasteiger partial charge in [0, 0.05) is 18.6 Å². The van der Waals surface area contributed by atoms with Gasteiger partial charge in [0.2, 0.25) is 5.28 Å². The summed E-state index contributed by atoms with van der Waals surface area (Å²) >= 11 is 7.82. The van der Waals surface area contributed by atoms with Crippen LogP contribution in [0.1, 0.15) is 0 Å². The number of nitrogens with zero attached hydrogens (tertiary/aromatic N) is 4. The van der Waals surface area contributed by atoms with E-state index in [1.165, 1.54) is 0 Å². The van der Waals surface area contributed by atoms with Crippen molar-refractivity contribution in [2.75, 3.05) is 0 Å². The Morgan fingerprint density at radius 2 is 2.31 bits per heavy atom. The third-order valence-electron chi connectivity index (χ3n) is 1.45. The van der Waals surface area contributed by atoms with Crippen LogP contribution in [0.5, 0.6) is 0 Å². The first-order valence-electron chi connectivity index (χ1n) is 3.44. The highest BCUT2D eigenvalue weighted by molar-refractivity contribution is 14.1. The highest BCUT2D eigenvalue weighted by Crippen LogP contribution is 2.14. The van der Waals surface area contributed by atoms with Gasteiger partial charge in [-0.25, -0.2) is 9.97 Å². The zero-order chi connectivity index (χ0) is 9.26. The van der Waals surface area contributed by atoms with Crippen LogP contribution < -0.4 is 0 Å². The molecule has 0 radical (unpaired) electrons. The van der Waals surface area contributed by atoms with E-state index >= 15 is 0 Å². The SMILES string of the molecule is Clc1ncc(I)c(-n2ccnc2)n1. The number of hydrogen-bond acceptors (Lipinski definition) is 3. The van der Waals surface area contributed by atoms with Gasteiger partial charge in [0.05, 0.1) is 3.57 Å². The molecule has 0 fully saturated rings. The fourth-order valence-electron chi connectivity index (χ4n) is 0.903. The van der Waals surface area contributed by atoms with Gasteiger partial charge < -0.3 is 0 Å². The highest BCUT2D eigenvalue weighted by Gasteiger charge is 2.04. The first kappa shape index (κ1) is 8.89. The zero-order valence-corrected chi connectivity index (χ0v) is 9.27. The molecule has 0 saturated carbocycles. The summed E-state index contributed by atoms with van der Waals surface area (Å²) in [5.74, 6) is 0.748. The van der Waals surface area contributed by atoms with Gasteiger partial charge in [-0.15, -0.1) is 0 Å². The minimum Gasteiger partial charge on any atom is -0.289 e. The number of rotatable bonds is 1. The molecular formula is C7H4ClIN4. The maximum absolute atomic E-state index is 5.67. The third kappa shape index (κ3) is 1.80. The van der Waals surface area contributed by atoms with Crippen molar-refractivity contribution in [3.05, 3.63) is 33.8 Å². The molecule has 2 heterocycles. The van der Waals surface area contributed by atoms with Crippen molar-refractivity contribution in [2.45, 2.75) is 0 Å². The largest absolute Gasteiger partial charge is 0.289 e. The van der Waals surface area contributed by atoms with Crippen molar-refractivity contribution in [1.82, 2.24) is 19.5 Å². The number of aromatic nitrogens is 4. The summed E-state index contributed by atoms with van der Waals surface area (Å²) in [6.45, 7) is 0. The summed E-state index contributed by atoms with van der Waals surface area (Å²) in [5, 5.41) is 0.240. The van der Waals surface area contributed by atoms with Crippen LogP contribution in [0.15, 0.2) is 24.9 Å². The van der Waals surface area contributed by atoms with Crippen LogP contribution in [0.25, 0.3) is 5.82 Å². The molecule has 66 valence electrons. The molecule has 13 heavy (non-hydrogen) atoms. The van der Waals surface area contributed by atoms with Crippen LogP contribution in [-0.2, 0) is 0 Å². The van der Waals surface area contributed by atoms with Crippen LogP contribution in [-0.4, -0.2) is 19.5 Å². The normalized spacial score (nSPS) is 10.3. The average Bonchev–Trinajstić information content (AvgIpc) is 2.61. The van der Waals surface area contributed by atoms with Gasteiger partial charge in [-0.05, 0) is 34.2 Å². The van der Waals surface area contributed by atoms with Crippen molar-refractivity contribution in [3.63, 3.8) is 0 Å². The Bertz CT molecular complexity index is 414. The lowest BCUT2D eigenvalue weighted by Gasteiger charge is -2.02. The van der Waals surface area contributed by atoms with E-state index in [1.807, 2.05) is 0 Å². The topological polar surface area (TPSA) is 43.6 Å². The third-order valence-corrected chi connectivity index (χ3v) is 2.39. The Labute approximate surface area is 93.1 Å². The summed E-state index contributed by atoms with van der Waals surface area (Å²) in [6.07, 6.45) is 6.83. The van der Waals surface area contributed by atoms with Gasteiger partial charge in [0.15, 0.2) is 5.82 Å². The van der Waals surface area contributed by atoms with E-state index in [0.717, 1.165) is 9.39 Å². The Hall–Kier alpha value is -0.690. The molecule has 0 aliphatic carbocycles. The maximum Gasteiger partial charge on any atom is 0.224 e. The molecule has 0 aliphatic heterocycles. The second kappa shape index (κ2) is 3.59. The van der Waals surface area contributed by atoms with Gasteiger partial charge in [0.1, 0.15) is 6.33 Å². The predicted molar refractivity (Wildman–Crippen MR) is 56.9 cm³/mol. The van der Waals surface area contributed by atoms with Gasteiger partial charge in [-0.1, -0.05) is 0 Å². The van der Waals surface area contributed by atoms with E-state index in [1.54, 1.807) is 29.5 Å². The van der Waals surface area contributed by atoms with Gasteiger partial charge in [-0.2, -0.15) is 4.98 Å². The van der Waals surface area contributed by atoms with E-state index in [0.29, 0.717) is 0 Å². The average molecular weight is 306 g/mol. The van der Waals surface area contributed by atoms with Gasteiger partial charge in [0.25, 0.3) is 0 Å². The van der Waals surface area contributed by atoms with Crippen molar-refractivity contribution in [3.8, 4) is 5.82 Å². The van der Waals surface area contributed by atoms with Crippen LogP contribution >= 0.6 is 34.2 Å². The fourth-order valence-corrected chi connectivity index (χ4v) is 1.57. The standard InChI is InChI=1S/C7H4ClIN4/c8-7-11-3-5(9)6(12-7)13-2-1-10-4-13/h1-4H. The Balaban J connectivity index is 2.57. The molecule has 0 aromatic carbocycles. The summed E-state index contributed by atoms with van der Waals surface area (Å²) in [6, 6.07) is 0. The molecule has 0 N–H and O–H groups in total. The predicted octanol–water partition coefficient (Wildman–Crippen LogP) is 1.92. The molecular weight excluding hydrogens is 302 g/mol. The van der Waals surface area contributed by atoms with Crippen molar-refractivity contribution in [1.29, 1.82) is 0 Å². The van der Waals surface area contributed by atoms with Gasteiger partial charge in [-0.3, -0.25) is 4.57 Å². The monoisotopic (exact) mass is 306 g/mol. The lowest BCUT2D eigenvalue weighted by molar-refractivity contribution is 0.959. The second-order valence-corrected chi connectivity index (χ2v) is 3.78. The Morgan fingerprint density at radius 1 is 1.46 bits per heavy atom. The molecule has 2 aromatic heterocycles. The molecule has 0 aliphatic rings. The fraction of sp³-hybridized carbons (Fsp3) is 0. The number of imidazole rings is 1. The summed E-state index contributed by atoms with van der Waals surface area (Å²) in [5.41, 5.74) is 0. The maximum atomic E-state index is 5.67. The first-order chi connectivity index (χ1) is 6.27. The number of hydrogen-bond donors (Lipinski definition) is 0. The molecule has 0 bridgehead atoms. The molecule has 6 heteroatoms. The van der Waals surface area contributed by atoms with Crippen molar-refractivity contribution >= 4 is 34.2 Å². The first-order valence-corrected chi connectivity index (χ1v) is 4.89. The van der Waals surface area contributed by atoms with Crippen LogP contribution in [0.3, 0.4) is 0 Å². The minimum absolute atomic E-state index is 0.240. The number of halogens is 2. The molecule has 0 spiro atoms. The van der Waals surface area contributed by atoms with Crippen molar-refractivity contribution < 1.29 is 0 Å². The van der Waals surface area contributed by atoms with Crippen LogP contribution in [0.2, 0.25) is 5.28 Å². The molecule has 4 nitrogen and oxygen atoms in total. The lowest BCUT2D eigenvalue weighted by atomic mass is 10.6. The van der Waals surface area contributed by atoms with E-state index < -0.39 is 0 Å². The van der Waals surface area contributed by atoms with Crippen LogP contribution in [0.4, 0.5) is 0 Å². The van der Waals surface area contributed by atoms with Gasteiger partial charge >= 0.3 is 0 Å². The smallest absolute Gasteiger partial charge is 0.224 e. The quantitative estimate of drug-likeness (QED) is 0.597. The summed E-state index contributed by atoms with van der Waals surface area (Å²) < 4.78 is 2.72. The zero-order valence-electron chi connectivity index (χ0n) is 6.35. The lowest BCUT2D eigenvalue weighted by Crippen LogP contribution is -1.99. The minimum atomic E-state index is 0.240. The molecule has 2 rings (SSSR count). The summed E-state index contributed by atoms with van der Waals surface area (Å²) in [4.78, 5) is 11.9. The van der Waals surface area contributed by atoms with Crippen LogP contribution in [0, 0.1) is 3.57 Å². The van der Waals surface area contributed by atoms with Crippen molar-refractivity contribution in [2.24, 2.45) is 0 Å². The van der Waals surface area contributed by atoms with E-state index in [4.69, 9.17) is 11.6 Å². The summed E-state index contributed by atoms with van der Waals surface area (Å²) in [7, 11) is 0. The molecule has 0 saturated heterocycles. The Morgan fingerprint density at radius 3 is 3.00 bits per heavy atom. The molecule has 0 amide bonds. The molecule has 0 atom stereocenters. The highest BCUT2D eigenvalue weighted by atomic mass is 127. The molecule has 2 aromatic rings. The van der Waals surface area contributed by atoms with E-state index in [9.17, 15) is 0 Å². The van der Waals surface area contributed by atoms with E-state index in [2.05, 4.69) is 37.5 Å². The molecule has 0 unspecified atom stereocenters. The Kier molecular flexibility index (Phi) is 2.45. The second-order valence-electron chi connectivity index (χ2n) is 2.28. The van der Waals surface area contributed by atoms with E-state index in [-0.39, 0.29) is 5.28 Å².